The molecule has 0 radical (unpaired) electrons. The van der Waals surface area contributed by atoms with Gasteiger partial charge in [-0.25, -0.2) is 0 Å². The van der Waals surface area contributed by atoms with Crippen molar-refractivity contribution in [1.82, 2.24) is 0 Å². The van der Waals surface area contributed by atoms with Gasteiger partial charge in [0, 0.05) is 0 Å². The van der Waals surface area contributed by atoms with Crippen molar-refractivity contribution in [2.45, 2.75) is 58.8 Å². The zero-order valence-corrected chi connectivity index (χ0v) is 9.37. The van der Waals surface area contributed by atoms with Crippen LogP contribution in [-0.2, 0) is 0 Å². The van der Waals surface area contributed by atoms with Crippen LogP contribution in [0.1, 0.15) is 58.8 Å². The van der Waals surface area contributed by atoms with Crippen LogP contribution in [0.25, 0.3) is 0 Å². The summed E-state index contributed by atoms with van der Waals surface area (Å²) in [5.41, 5.74) is 0. The van der Waals surface area contributed by atoms with Gasteiger partial charge in [0.2, 0.25) is 0 Å². The standard InChI is InChI=1S/C11H22S/c1-3-5-7-9-11(12)10-8-6-4-2/h9,12H,3-8,10H2,1-2H3/b11-9-. The number of rotatable bonds is 7. The maximum absolute atomic E-state index is 4.44. The second kappa shape index (κ2) is 9.18. The minimum absolute atomic E-state index is 1.18. The quantitative estimate of drug-likeness (QED) is 0.437. The van der Waals surface area contributed by atoms with Crippen LogP contribution in [0.5, 0.6) is 0 Å². The lowest BCUT2D eigenvalue weighted by Crippen LogP contribution is -1.77. The molecule has 0 atom stereocenters. The van der Waals surface area contributed by atoms with Crippen molar-refractivity contribution < 1.29 is 0 Å². The molecule has 0 spiro atoms. The Labute approximate surface area is 82.9 Å². The molecule has 0 saturated carbocycles. The Hall–Kier alpha value is 0.0900. The summed E-state index contributed by atoms with van der Waals surface area (Å²) in [4.78, 5) is 1.29. The van der Waals surface area contributed by atoms with Gasteiger partial charge in [0.25, 0.3) is 0 Å². The van der Waals surface area contributed by atoms with Crippen molar-refractivity contribution in [3.8, 4) is 0 Å². The molecule has 0 aliphatic heterocycles. The fourth-order valence-electron chi connectivity index (χ4n) is 1.13. The van der Waals surface area contributed by atoms with Crippen molar-refractivity contribution in [2.75, 3.05) is 0 Å². The molecule has 12 heavy (non-hydrogen) atoms. The van der Waals surface area contributed by atoms with Crippen molar-refractivity contribution in [2.24, 2.45) is 0 Å². The zero-order valence-electron chi connectivity index (χ0n) is 8.47. The number of thiol groups is 1. The van der Waals surface area contributed by atoms with Crippen LogP contribution < -0.4 is 0 Å². The summed E-state index contributed by atoms with van der Waals surface area (Å²) in [5, 5.41) is 0. The lowest BCUT2D eigenvalue weighted by Gasteiger charge is -1.98. The summed E-state index contributed by atoms with van der Waals surface area (Å²) >= 11 is 4.44. The highest BCUT2D eigenvalue weighted by molar-refractivity contribution is 7.84. The van der Waals surface area contributed by atoms with Crippen LogP contribution in [-0.4, -0.2) is 0 Å². The average Bonchev–Trinajstić information content (AvgIpc) is 2.06. The molecule has 0 fully saturated rings. The van der Waals surface area contributed by atoms with E-state index in [1.54, 1.807) is 0 Å². The summed E-state index contributed by atoms with van der Waals surface area (Å²) in [6, 6.07) is 0. The maximum Gasteiger partial charge on any atom is -0.0224 e. The lowest BCUT2D eigenvalue weighted by molar-refractivity contribution is 0.722. The second-order valence-corrected chi connectivity index (χ2v) is 3.87. The minimum Gasteiger partial charge on any atom is -0.148 e. The summed E-state index contributed by atoms with van der Waals surface area (Å²) < 4.78 is 0. The highest BCUT2D eigenvalue weighted by Gasteiger charge is 1.90. The van der Waals surface area contributed by atoms with E-state index in [1.165, 1.54) is 49.9 Å². The van der Waals surface area contributed by atoms with E-state index in [1.807, 2.05) is 0 Å². The largest absolute Gasteiger partial charge is 0.148 e. The fourth-order valence-corrected chi connectivity index (χ4v) is 1.42. The molecule has 0 N–H and O–H groups in total. The average molecular weight is 186 g/mol. The van der Waals surface area contributed by atoms with Gasteiger partial charge in [-0.1, -0.05) is 45.6 Å². The van der Waals surface area contributed by atoms with Gasteiger partial charge in [0.05, 0.1) is 0 Å². The molecule has 0 heterocycles. The van der Waals surface area contributed by atoms with Crippen LogP contribution in [0.2, 0.25) is 0 Å². The first-order valence-corrected chi connectivity index (χ1v) is 5.64. The van der Waals surface area contributed by atoms with E-state index in [2.05, 4.69) is 32.6 Å². The van der Waals surface area contributed by atoms with E-state index in [9.17, 15) is 0 Å². The molecule has 0 aromatic rings. The van der Waals surface area contributed by atoms with Gasteiger partial charge < -0.3 is 0 Å². The van der Waals surface area contributed by atoms with E-state index in [0.29, 0.717) is 0 Å². The molecule has 0 aliphatic carbocycles. The lowest BCUT2D eigenvalue weighted by atomic mass is 10.1. The first-order chi connectivity index (χ1) is 5.81. The summed E-state index contributed by atoms with van der Waals surface area (Å²) in [5.74, 6) is 0. The molecule has 0 aromatic heterocycles. The highest BCUT2D eigenvalue weighted by Crippen LogP contribution is 2.13. The molecular formula is C11H22S. The highest BCUT2D eigenvalue weighted by atomic mass is 32.1. The van der Waals surface area contributed by atoms with Gasteiger partial charge in [-0.15, -0.1) is 12.6 Å². The van der Waals surface area contributed by atoms with E-state index in [4.69, 9.17) is 0 Å². The molecule has 72 valence electrons. The van der Waals surface area contributed by atoms with E-state index >= 15 is 0 Å². The van der Waals surface area contributed by atoms with Gasteiger partial charge in [-0.3, -0.25) is 0 Å². The third-order valence-corrected chi connectivity index (χ3v) is 2.38. The molecule has 0 aliphatic rings. The molecule has 0 nitrogen and oxygen atoms in total. The Kier molecular flexibility index (Phi) is 9.25. The second-order valence-electron chi connectivity index (χ2n) is 3.29. The van der Waals surface area contributed by atoms with Crippen molar-refractivity contribution in [3.05, 3.63) is 11.0 Å². The summed E-state index contributed by atoms with van der Waals surface area (Å²) in [7, 11) is 0. The molecule has 0 bridgehead atoms. The Bertz CT molecular complexity index is 116. The SMILES string of the molecule is CCCC/C=C(\S)CCCCC. The Morgan fingerprint density at radius 1 is 1.08 bits per heavy atom. The monoisotopic (exact) mass is 186 g/mol. The van der Waals surface area contributed by atoms with E-state index in [0.717, 1.165) is 0 Å². The van der Waals surface area contributed by atoms with Crippen LogP contribution in [0.4, 0.5) is 0 Å². The zero-order chi connectivity index (χ0) is 9.23. The number of allylic oxidation sites excluding steroid dienone is 2. The predicted octanol–water partition coefficient (Wildman–Crippen LogP) is 4.57. The van der Waals surface area contributed by atoms with Crippen LogP contribution in [0, 0.1) is 0 Å². The molecular weight excluding hydrogens is 164 g/mol. The van der Waals surface area contributed by atoms with Gasteiger partial charge in [0.1, 0.15) is 0 Å². The van der Waals surface area contributed by atoms with Crippen molar-refractivity contribution in [3.63, 3.8) is 0 Å². The van der Waals surface area contributed by atoms with E-state index in [-0.39, 0.29) is 0 Å². The normalized spacial score (nSPS) is 12.1. The van der Waals surface area contributed by atoms with Gasteiger partial charge in [-0.05, 0) is 24.2 Å². The third kappa shape index (κ3) is 8.19. The van der Waals surface area contributed by atoms with Crippen molar-refractivity contribution in [1.29, 1.82) is 0 Å². The fraction of sp³-hybridized carbons (Fsp3) is 0.818. The number of unbranched alkanes of at least 4 members (excludes halogenated alkanes) is 4. The maximum atomic E-state index is 4.44. The molecule has 0 rings (SSSR count). The molecule has 0 saturated heterocycles. The smallest absolute Gasteiger partial charge is 0.0224 e. The molecule has 0 unspecified atom stereocenters. The predicted molar refractivity (Wildman–Crippen MR) is 60.7 cm³/mol. The minimum atomic E-state index is 1.18. The Balaban J connectivity index is 3.29. The summed E-state index contributed by atoms with van der Waals surface area (Å²) in [6.45, 7) is 4.46. The molecule has 1 heteroatoms. The number of hydrogen-bond donors (Lipinski definition) is 1. The first-order valence-electron chi connectivity index (χ1n) is 5.19. The Morgan fingerprint density at radius 3 is 2.33 bits per heavy atom. The number of hydrogen-bond acceptors (Lipinski definition) is 1. The molecule has 0 aromatic carbocycles. The van der Waals surface area contributed by atoms with Gasteiger partial charge in [0.15, 0.2) is 0 Å². The summed E-state index contributed by atoms with van der Waals surface area (Å²) in [6.07, 6.45) is 11.2. The first kappa shape index (κ1) is 12.1. The van der Waals surface area contributed by atoms with Gasteiger partial charge >= 0.3 is 0 Å². The van der Waals surface area contributed by atoms with Gasteiger partial charge in [-0.2, -0.15) is 0 Å². The molecule has 0 amide bonds. The third-order valence-electron chi connectivity index (χ3n) is 1.97. The van der Waals surface area contributed by atoms with E-state index < -0.39 is 0 Å². The van der Waals surface area contributed by atoms with Crippen molar-refractivity contribution >= 4 is 12.6 Å². The van der Waals surface area contributed by atoms with Crippen LogP contribution >= 0.6 is 12.6 Å². The van der Waals surface area contributed by atoms with Crippen LogP contribution in [0.3, 0.4) is 0 Å². The topological polar surface area (TPSA) is 0 Å². The van der Waals surface area contributed by atoms with Crippen LogP contribution in [0.15, 0.2) is 11.0 Å². The Morgan fingerprint density at radius 2 is 1.75 bits per heavy atom.